The molecule has 2 N–H and O–H groups in total. The maximum absolute atomic E-state index is 14.2. The van der Waals surface area contributed by atoms with Gasteiger partial charge in [0.15, 0.2) is 0 Å². The van der Waals surface area contributed by atoms with Gasteiger partial charge < -0.3 is 5.73 Å². The van der Waals surface area contributed by atoms with Crippen molar-refractivity contribution < 1.29 is 12.8 Å². The SMILES string of the molecule is CCC(CC)CN(CC)S(=O)(=O)c1cc(N)cc(C)c1F. The van der Waals surface area contributed by atoms with E-state index in [2.05, 4.69) is 0 Å². The molecule has 0 aromatic heterocycles. The number of hydrogen-bond acceptors (Lipinski definition) is 3. The van der Waals surface area contributed by atoms with Crippen LogP contribution in [-0.4, -0.2) is 25.8 Å². The Bertz CT molecular complexity index is 584. The van der Waals surface area contributed by atoms with Crippen molar-refractivity contribution in [3.05, 3.63) is 23.5 Å². The zero-order valence-electron chi connectivity index (χ0n) is 13.2. The van der Waals surface area contributed by atoms with Crippen LogP contribution in [0.15, 0.2) is 17.0 Å². The Hall–Kier alpha value is -1.14. The third-order valence-corrected chi connectivity index (χ3v) is 5.77. The maximum Gasteiger partial charge on any atom is 0.246 e. The molecule has 0 unspecified atom stereocenters. The molecule has 1 aromatic rings. The van der Waals surface area contributed by atoms with E-state index in [9.17, 15) is 12.8 Å². The molecule has 0 aliphatic heterocycles. The van der Waals surface area contributed by atoms with Crippen LogP contribution in [0.1, 0.15) is 39.2 Å². The van der Waals surface area contributed by atoms with Crippen LogP contribution in [0.4, 0.5) is 10.1 Å². The summed E-state index contributed by atoms with van der Waals surface area (Å²) in [6, 6.07) is 2.64. The van der Waals surface area contributed by atoms with Gasteiger partial charge in [-0.3, -0.25) is 0 Å². The molecule has 6 heteroatoms. The maximum atomic E-state index is 14.2. The fourth-order valence-corrected chi connectivity index (χ4v) is 4.02. The quantitative estimate of drug-likeness (QED) is 0.786. The Kier molecular flexibility index (Phi) is 6.16. The molecule has 1 aromatic carbocycles. The van der Waals surface area contributed by atoms with E-state index in [0.29, 0.717) is 13.1 Å². The lowest BCUT2D eigenvalue weighted by atomic mass is 10.0. The number of hydrogen-bond donors (Lipinski definition) is 1. The summed E-state index contributed by atoms with van der Waals surface area (Å²) in [4.78, 5) is -0.326. The molecule has 0 spiro atoms. The van der Waals surface area contributed by atoms with Crippen molar-refractivity contribution in [3.8, 4) is 0 Å². The number of aryl methyl sites for hydroxylation is 1. The molecule has 1 rings (SSSR count). The van der Waals surface area contributed by atoms with Crippen molar-refractivity contribution in [3.63, 3.8) is 0 Å². The highest BCUT2D eigenvalue weighted by molar-refractivity contribution is 7.89. The summed E-state index contributed by atoms with van der Waals surface area (Å²) in [6.07, 6.45) is 1.78. The van der Waals surface area contributed by atoms with Crippen LogP contribution in [0.25, 0.3) is 0 Å². The minimum absolute atomic E-state index is 0.243. The highest BCUT2D eigenvalue weighted by Crippen LogP contribution is 2.26. The van der Waals surface area contributed by atoms with E-state index in [4.69, 9.17) is 5.73 Å². The molecule has 0 amide bonds. The number of benzene rings is 1. The predicted molar refractivity (Wildman–Crippen MR) is 84.1 cm³/mol. The second-order valence-corrected chi connectivity index (χ2v) is 7.19. The molecule has 0 aliphatic rings. The fraction of sp³-hybridized carbons (Fsp3) is 0.600. The van der Waals surface area contributed by atoms with Crippen LogP contribution >= 0.6 is 0 Å². The summed E-state index contributed by atoms with van der Waals surface area (Å²) in [7, 11) is -3.86. The van der Waals surface area contributed by atoms with Crippen LogP contribution in [0.5, 0.6) is 0 Å². The predicted octanol–water partition coefficient (Wildman–Crippen LogP) is 3.16. The molecular weight excluding hydrogens is 291 g/mol. The summed E-state index contributed by atoms with van der Waals surface area (Å²) >= 11 is 0. The molecule has 0 bridgehead atoms. The fourth-order valence-electron chi connectivity index (χ4n) is 2.32. The van der Waals surface area contributed by atoms with Gasteiger partial charge in [0, 0.05) is 18.8 Å². The van der Waals surface area contributed by atoms with Crippen LogP contribution in [-0.2, 0) is 10.0 Å². The van der Waals surface area contributed by atoms with Crippen LogP contribution in [0.3, 0.4) is 0 Å². The van der Waals surface area contributed by atoms with Crippen LogP contribution in [0.2, 0.25) is 0 Å². The second-order valence-electron chi connectivity index (χ2n) is 5.29. The standard InChI is InChI=1S/C15H25FN2O2S/c1-5-12(6-2)10-18(7-3)21(19,20)14-9-13(17)8-11(4)15(14)16/h8-9,12H,5-7,10,17H2,1-4H3. The molecule has 0 saturated heterocycles. The third kappa shape index (κ3) is 3.95. The number of nitrogens with two attached hydrogens (primary N) is 1. The minimum atomic E-state index is -3.86. The third-order valence-electron chi connectivity index (χ3n) is 3.83. The molecule has 0 aliphatic carbocycles. The summed E-state index contributed by atoms with van der Waals surface area (Å²) in [5.41, 5.74) is 6.17. The van der Waals surface area contributed by atoms with E-state index in [-0.39, 0.29) is 22.1 Å². The van der Waals surface area contributed by atoms with Gasteiger partial charge in [-0.1, -0.05) is 33.6 Å². The number of rotatable bonds is 7. The van der Waals surface area contributed by atoms with Gasteiger partial charge in [-0.2, -0.15) is 4.31 Å². The zero-order valence-corrected chi connectivity index (χ0v) is 14.0. The Morgan fingerprint density at radius 3 is 2.29 bits per heavy atom. The van der Waals surface area contributed by atoms with Crippen molar-refractivity contribution in [2.75, 3.05) is 18.8 Å². The second kappa shape index (κ2) is 7.22. The van der Waals surface area contributed by atoms with E-state index in [0.717, 1.165) is 12.8 Å². The van der Waals surface area contributed by atoms with E-state index in [1.54, 1.807) is 6.92 Å². The first kappa shape index (κ1) is 17.9. The number of nitrogen functional groups attached to an aromatic ring is 1. The smallest absolute Gasteiger partial charge is 0.246 e. The van der Waals surface area contributed by atoms with Crippen molar-refractivity contribution in [1.29, 1.82) is 0 Å². The first-order valence-electron chi connectivity index (χ1n) is 7.33. The lowest BCUT2D eigenvalue weighted by molar-refractivity contribution is 0.338. The van der Waals surface area contributed by atoms with Gasteiger partial charge in [-0.15, -0.1) is 0 Å². The molecule has 120 valence electrons. The highest BCUT2D eigenvalue weighted by atomic mass is 32.2. The average Bonchev–Trinajstić information content (AvgIpc) is 2.43. The van der Waals surface area contributed by atoms with E-state index in [1.807, 2.05) is 13.8 Å². The molecule has 0 radical (unpaired) electrons. The summed E-state index contributed by atoms with van der Waals surface area (Å²) in [5, 5.41) is 0. The van der Waals surface area contributed by atoms with Crippen molar-refractivity contribution in [2.45, 2.75) is 45.4 Å². The summed E-state index contributed by atoms with van der Waals surface area (Å²) in [5.74, 6) is -0.447. The molecule has 0 saturated carbocycles. The van der Waals surface area contributed by atoms with E-state index < -0.39 is 15.8 Å². The van der Waals surface area contributed by atoms with Gasteiger partial charge >= 0.3 is 0 Å². The lowest BCUT2D eigenvalue weighted by Gasteiger charge is -2.25. The van der Waals surface area contributed by atoms with E-state index in [1.165, 1.54) is 23.4 Å². The molecule has 0 fully saturated rings. The average molecular weight is 316 g/mol. The van der Waals surface area contributed by atoms with Crippen LogP contribution < -0.4 is 5.73 Å². The van der Waals surface area contributed by atoms with Crippen LogP contribution in [0, 0.1) is 18.7 Å². The van der Waals surface area contributed by atoms with Crippen molar-refractivity contribution in [2.24, 2.45) is 5.92 Å². The Labute approximate surface area is 127 Å². The van der Waals surface area contributed by atoms with Gasteiger partial charge in [0.1, 0.15) is 10.7 Å². The van der Waals surface area contributed by atoms with Gasteiger partial charge in [0.25, 0.3) is 0 Å². The number of halogens is 1. The number of anilines is 1. The topological polar surface area (TPSA) is 63.4 Å². The molecule has 0 heterocycles. The zero-order chi connectivity index (χ0) is 16.2. The highest BCUT2D eigenvalue weighted by Gasteiger charge is 2.28. The Morgan fingerprint density at radius 2 is 1.81 bits per heavy atom. The Balaban J connectivity index is 3.25. The normalized spacial score (nSPS) is 12.3. The van der Waals surface area contributed by atoms with Crippen molar-refractivity contribution >= 4 is 15.7 Å². The van der Waals surface area contributed by atoms with Gasteiger partial charge in [-0.25, -0.2) is 12.8 Å². The molecule has 4 nitrogen and oxygen atoms in total. The first-order valence-corrected chi connectivity index (χ1v) is 8.77. The van der Waals surface area contributed by atoms with Gasteiger partial charge in [-0.05, 0) is 30.5 Å². The Morgan fingerprint density at radius 1 is 1.24 bits per heavy atom. The molecule has 21 heavy (non-hydrogen) atoms. The molecular formula is C15H25FN2O2S. The molecule has 0 atom stereocenters. The van der Waals surface area contributed by atoms with Gasteiger partial charge in [0.05, 0.1) is 0 Å². The number of nitrogens with zero attached hydrogens (tertiary/aromatic N) is 1. The first-order chi connectivity index (χ1) is 9.77. The summed E-state index contributed by atoms with van der Waals surface area (Å²) < 4.78 is 40.9. The van der Waals surface area contributed by atoms with E-state index >= 15 is 0 Å². The number of sulfonamides is 1. The van der Waals surface area contributed by atoms with Crippen molar-refractivity contribution in [1.82, 2.24) is 4.31 Å². The minimum Gasteiger partial charge on any atom is -0.399 e. The van der Waals surface area contributed by atoms with Gasteiger partial charge in [0.2, 0.25) is 10.0 Å². The summed E-state index contributed by atoms with van der Waals surface area (Å²) in [6.45, 7) is 8.05. The largest absolute Gasteiger partial charge is 0.399 e. The lowest BCUT2D eigenvalue weighted by Crippen LogP contribution is -2.35. The monoisotopic (exact) mass is 316 g/mol.